The standard InChI is InChI=1S/C10H20O9/c1-4(12)2-6(14)19-10(18)9(17)8(16)7(15)5(13)3-11/h4-5,7-13,15-18H,2-3H2,1H3/t4?,5-,7-,8+,9-,10?/m1/s1. The molecule has 0 saturated carbocycles. The average Bonchev–Trinajstić information content (AvgIpc) is 2.33. The monoisotopic (exact) mass is 284 g/mol. The molecule has 7 N–H and O–H groups in total. The lowest BCUT2D eigenvalue weighted by molar-refractivity contribution is -0.214. The van der Waals surface area contributed by atoms with E-state index in [0.29, 0.717) is 0 Å². The Morgan fingerprint density at radius 3 is 1.95 bits per heavy atom. The molecule has 0 heterocycles. The highest BCUT2D eigenvalue weighted by Gasteiger charge is 2.35. The number of carbonyl (C=O) groups is 1. The zero-order valence-corrected chi connectivity index (χ0v) is 10.3. The van der Waals surface area contributed by atoms with Crippen molar-refractivity contribution in [2.45, 2.75) is 50.2 Å². The van der Waals surface area contributed by atoms with Crippen LogP contribution in [-0.4, -0.2) is 85.1 Å². The highest BCUT2D eigenvalue weighted by molar-refractivity contribution is 5.70. The highest BCUT2D eigenvalue weighted by Crippen LogP contribution is 2.10. The van der Waals surface area contributed by atoms with E-state index in [2.05, 4.69) is 4.74 Å². The van der Waals surface area contributed by atoms with Crippen molar-refractivity contribution < 1.29 is 45.3 Å². The normalized spacial score (nSPS) is 21.1. The molecule has 0 aromatic heterocycles. The molecule has 0 radical (unpaired) electrons. The van der Waals surface area contributed by atoms with Crippen LogP contribution in [0.25, 0.3) is 0 Å². The molecule has 6 atom stereocenters. The Morgan fingerprint density at radius 2 is 1.53 bits per heavy atom. The Hall–Kier alpha value is -0.810. The first-order valence-corrected chi connectivity index (χ1v) is 5.59. The van der Waals surface area contributed by atoms with Gasteiger partial charge in [-0.15, -0.1) is 0 Å². The van der Waals surface area contributed by atoms with Gasteiger partial charge in [-0.05, 0) is 6.92 Å². The van der Waals surface area contributed by atoms with Gasteiger partial charge in [-0.1, -0.05) is 0 Å². The second-order valence-corrected chi connectivity index (χ2v) is 4.16. The molecule has 0 aliphatic carbocycles. The zero-order chi connectivity index (χ0) is 15.2. The van der Waals surface area contributed by atoms with Crippen molar-refractivity contribution in [1.29, 1.82) is 0 Å². The summed E-state index contributed by atoms with van der Waals surface area (Å²) in [5, 5.41) is 63.8. The lowest BCUT2D eigenvalue weighted by Gasteiger charge is -2.28. The van der Waals surface area contributed by atoms with Crippen LogP contribution in [0.4, 0.5) is 0 Å². The van der Waals surface area contributed by atoms with E-state index in [1.807, 2.05) is 0 Å². The van der Waals surface area contributed by atoms with Gasteiger partial charge in [-0.25, -0.2) is 0 Å². The Labute approximate surface area is 109 Å². The van der Waals surface area contributed by atoms with Crippen LogP contribution in [0.5, 0.6) is 0 Å². The minimum Gasteiger partial charge on any atom is -0.433 e. The van der Waals surface area contributed by atoms with Crippen molar-refractivity contribution in [2.24, 2.45) is 0 Å². The zero-order valence-electron chi connectivity index (χ0n) is 10.3. The summed E-state index contributed by atoms with van der Waals surface area (Å²) in [7, 11) is 0. The van der Waals surface area contributed by atoms with Crippen LogP contribution in [0.3, 0.4) is 0 Å². The summed E-state index contributed by atoms with van der Waals surface area (Å²) >= 11 is 0. The molecule has 0 rings (SSSR count). The first-order chi connectivity index (χ1) is 8.70. The molecule has 0 bridgehead atoms. The molecule has 0 aromatic rings. The summed E-state index contributed by atoms with van der Waals surface area (Å²) in [6.45, 7) is 0.434. The largest absolute Gasteiger partial charge is 0.433 e. The quantitative estimate of drug-likeness (QED) is 0.174. The third-order valence-electron chi connectivity index (χ3n) is 2.29. The minimum absolute atomic E-state index is 0.429. The van der Waals surface area contributed by atoms with Crippen LogP contribution >= 0.6 is 0 Å². The van der Waals surface area contributed by atoms with Gasteiger partial charge >= 0.3 is 5.97 Å². The smallest absolute Gasteiger partial charge is 0.310 e. The molecule has 0 fully saturated rings. The van der Waals surface area contributed by atoms with Gasteiger partial charge in [0.25, 0.3) is 0 Å². The second kappa shape index (κ2) is 8.38. The molecule has 9 nitrogen and oxygen atoms in total. The summed E-state index contributed by atoms with van der Waals surface area (Å²) in [4.78, 5) is 11.1. The summed E-state index contributed by atoms with van der Waals surface area (Å²) in [5.41, 5.74) is 0. The van der Waals surface area contributed by atoms with E-state index >= 15 is 0 Å². The Morgan fingerprint density at radius 1 is 1.00 bits per heavy atom. The first-order valence-electron chi connectivity index (χ1n) is 5.59. The molecule has 0 aliphatic rings. The van der Waals surface area contributed by atoms with Crippen LogP contribution in [0, 0.1) is 0 Å². The number of ether oxygens (including phenoxy) is 1. The number of carbonyl (C=O) groups excluding carboxylic acids is 1. The Kier molecular flexibility index (Phi) is 8.02. The molecule has 0 aliphatic heterocycles. The predicted molar refractivity (Wildman–Crippen MR) is 59.5 cm³/mol. The second-order valence-electron chi connectivity index (χ2n) is 4.16. The first kappa shape index (κ1) is 18.2. The van der Waals surface area contributed by atoms with Gasteiger partial charge in [-0.2, -0.15) is 0 Å². The third-order valence-corrected chi connectivity index (χ3v) is 2.29. The number of aliphatic hydroxyl groups is 7. The Balaban J connectivity index is 4.39. The summed E-state index contributed by atoms with van der Waals surface area (Å²) < 4.78 is 4.30. The van der Waals surface area contributed by atoms with Gasteiger partial charge in [0.05, 0.1) is 19.1 Å². The predicted octanol–water partition coefficient (Wildman–Crippen LogP) is -3.95. The van der Waals surface area contributed by atoms with E-state index in [9.17, 15) is 25.2 Å². The van der Waals surface area contributed by atoms with Crippen LogP contribution < -0.4 is 0 Å². The van der Waals surface area contributed by atoms with Crippen LogP contribution in [-0.2, 0) is 9.53 Å². The van der Waals surface area contributed by atoms with Crippen LogP contribution in [0.15, 0.2) is 0 Å². The lowest BCUT2D eigenvalue weighted by atomic mass is 10.0. The fourth-order valence-corrected chi connectivity index (χ4v) is 1.20. The fraction of sp³-hybridized carbons (Fsp3) is 0.900. The van der Waals surface area contributed by atoms with Gasteiger partial charge in [0, 0.05) is 0 Å². The van der Waals surface area contributed by atoms with E-state index in [1.165, 1.54) is 6.92 Å². The van der Waals surface area contributed by atoms with E-state index < -0.39 is 55.8 Å². The molecule has 0 aromatic carbocycles. The van der Waals surface area contributed by atoms with Gasteiger partial charge in [0.2, 0.25) is 6.29 Å². The maximum atomic E-state index is 11.1. The number of hydrogen-bond donors (Lipinski definition) is 7. The van der Waals surface area contributed by atoms with Crippen molar-refractivity contribution >= 4 is 5.97 Å². The van der Waals surface area contributed by atoms with E-state index in [4.69, 9.17) is 15.3 Å². The SMILES string of the molecule is CC(O)CC(=O)OC(O)[C@H](O)[C@@H](O)[C@H](O)[C@H](O)CO. The molecule has 0 amide bonds. The van der Waals surface area contributed by atoms with Gasteiger partial charge in [0.1, 0.15) is 24.4 Å². The molecular formula is C10H20O9. The molecule has 19 heavy (non-hydrogen) atoms. The molecule has 0 saturated heterocycles. The maximum absolute atomic E-state index is 11.1. The number of aliphatic hydroxyl groups excluding tert-OH is 7. The average molecular weight is 284 g/mol. The molecular weight excluding hydrogens is 264 g/mol. The van der Waals surface area contributed by atoms with Crippen molar-refractivity contribution in [1.82, 2.24) is 0 Å². The van der Waals surface area contributed by atoms with Crippen molar-refractivity contribution in [3.8, 4) is 0 Å². The Bertz CT molecular complexity index is 270. The topological polar surface area (TPSA) is 168 Å². The van der Waals surface area contributed by atoms with E-state index in [0.717, 1.165) is 0 Å². The van der Waals surface area contributed by atoms with Crippen molar-refractivity contribution in [3.63, 3.8) is 0 Å². The number of hydrogen-bond acceptors (Lipinski definition) is 9. The fourth-order valence-electron chi connectivity index (χ4n) is 1.20. The molecule has 0 spiro atoms. The maximum Gasteiger partial charge on any atom is 0.310 e. The molecule has 114 valence electrons. The van der Waals surface area contributed by atoms with Crippen molar-refractivity contribution in [3.05, 3.63) is 0 Å². The lowest BCUT2D eigenvalue weighted by Crippen LogP contribution is -2.51. The molecule has 2 unspecified atom stereocenters. The third kappa shape index (κ3) is 6.25. The van der Waals surface area contributed by atoms with Gasteiger partial charge in [0.15, 0.2) is 0 Å². The van der Waals surface area contributed by atoms with Crippen LogP contribution in [0.1, 0.15) is 13.3 Å². The van der Waals surface area contributed by atoms with Gasteiger partial charge in [-0.3, -0.25) is 4.79 Å². The number of rotatable bonds is 8. The van der Waals surface area contributed by atoms with E-state index in [1.54, 1.807) is 0 Å². The van der Waals surface area contributed by atoms with Gasteiger partial charge < -0.3 is 40.5 Å². The number of esters is 1. The van der Waals surface area contributed by atoms with Crippen molar-refractivity contribution in [2.75, 3.05) is 6.61 Å². The minimum atomic E-state index is -2.15. The summed E-state index contributed by atoms with van der Waals surface area (Å²) in [6, 6.07) is 0. The van der Waals surface area contributed by atoms with Crippen LogP contribution in [0.2, 0.25) is 0 Å². The van der Waals surface area contributed by atoms with E-state index in [-0.39, 0.29) is 0 Å². The molecule has 9 heteroatoms. The summed E-state index contributed by atoms with van der Waals surface area (Å²) in [5.74, 6) is -1.02. The highest BCUT2D eigenvalue weighted by atomic mass is 16.6. The summed E-state index contributed by atoms with van der Waals surface area (Å²) in [6.07, 6.45) is -11.4.